The van der Waals surface area contributed by atoms with Gasteiger partial charge in [0.05, 0.1) is 5.60 Å². The van der Waals surface area contributed by atoms with Crippen molar-refractivity contribution in [2.24, 2.45) is 0 Å². The first-order chi connectivity index (χ1) is 7.79. The molecule has 2 aliphatic rings. The molecule has 2 atom stereocenters. The minimum absolute atomic E-state index is 0.171. The van der Waals surface area contributed by atoms with Crippen LogP contribution in [-0.2, 0) is 4.74 Å². The molecule has 0 aliphatic carbocycles. The highest BCUT2D eigenvalue weighted by molar-refractivity contribution is 7.99. The molecule has 0 bridgehead atoms. The van der Waals surface area contributed by atoms with Crippen LogP contribution in [0.1, 0.15) is 31.1 Å². The Kier molecular flexibility index (Phi) is 2.72. The van der Waals surface area contributed by atoms with E-state index in [2.05, 4.69) is 22.7 Å². The summed E-state index contributed by atoms with van der Waals surface area (Å²) in [5.41, 5.74) is 0.171. The van der Waals surface area contributed by atoms with Gasteiger partial charge in [-0.2, -0.15) is 11.8 Å². The Bertz CT molecular complexity index is 371. The smallest absolute Gasteiger partial charge is 0.105 e. The molecular formula is C12H18N2OS. The quantitative estimate of drug-likeness (QED) is 0.752. The number of ether oxygens (including phenoxy) is 1. The third kappa shape index (κ3) is 1.78. The van der Waals surface area contributed by atoms with Crippen LogP contribution < -0.4 is 0 Å². The Labute approximate surface area is 101 Å². The van der Waals surface area contributed by atoms with Gasteiger partial charge in [0.1, 0.15) is 5.82 Å². The van der Waals surface area contributed by atoms with Crippen molar-refractivity contribution in [2.45, 2.75) is 37.8 Å². The van der Waals surface area contributed by atoms with Crippen molar-refractivity contribution in [1.29, 1.82) is 0 Å². The molecule has 1 spiro atoms. The number of nitrogens with zero attached hydrogens (tertiary/aromatic N) is 2. The molecule has 0 saturated carbocycles. The summed E-state index contributed by atoms with van der Waals surface area (Å²) in [5.74, 6) is 3.57. The maximum atomic E-state index is 6.04. The van der Waals surface area contributed by atoms with Crippen LogP contribution in [0, 0.1) is 6.92 Å². The molecule has 3 nitrogen and oxygen atoms in total. The Morgan fingerprint density at radius 1 is 1.62 bits per heavy atom. The molecule has 0 N–H and O–H groups in total. The van der Waals surface area contributed by atoms with Crippen LogP contribution in [0.15, 0.2) is 12.4 Å². The second kappa shape index (κ2) is 4.08. The lowest BCUT2D eigenvalue weighted by molar-refractivity contribution is -0.0764. The second-order valence-corrected chi connectivity index (χ2v) is 5.97. The zero-order chi connectivity index (χ0) is 11.0. The maximum Gasteiger partial charge on any atom is 0.105 e. The summed E-state index contributed by atoms with van der Waals surface area (Å²) >= 11 is 2.03. The van der Waals surface area contributed by atoms with Gasteiger partial charge in [-0.15, -0.1) is 0 Å². The Hall–Kier alpha value is -0.480. The van der Waals surface area contributed by atoms with Crippen molar-refractivity contribution in [3.05, 3.63) is 18.2 Å². The molecule has 1 aromatic rings. The topological polar surface area (TPSA) is 27.1 Å². The van der Waals surface area contributed by atoms with Crippen LogP contribution in [0.3, 0.4) is 0 Å². The molecule has 2 fully saturated rings. The van der Waals surface area contributed by atoms with Crippen molar-refractivity contribution in [3.8, 4) is 0 Å². The van der Waals surface area contributed by atoms with Crippen molar-refractivity contribution < 1.29 is 4.74 Å². The average Bonchev–Trinajstić information content (AvgIpc) is 2.88. The first-order valence-corrected chi connectivity index (χ1v) is 7.16. The highest BCUT2D eigenvalue weighted by Gasteiger charge is 2.41. The zero-order valence-electron chi connectivity index (χ0n) is 9.69. The number of hydrogen-bond donors (Lipinski definition) is 0. The van der Waals surface area contributed by atoms with Crippen molar-refractivity contribution in [2.75, 3.05) is 18.1 Å². The van der Waals surface area contributed by atoms with E-state index in [1.54, 1.807) is 0 Å². The van der Waals surface area contributed by atoms with Gasteiger partial charge in [0.15, 0.2) is 0 Å². The first kappa shape index (κ1) is 10.7. The third-order valence-corrected chi connectivity index (χ3v) is 5.01. The molecule has 1 aromatic heterocycles. The summed E-state index contributed by atoms with van der Waals surface area (Å²) in [6.07, 6.45) is 7.53. The van der Waals surface area contributed by atoms with Gasteiger partial charge in [-0.3, -0.25) is 0 Å². The van der Waals surface area contributed by atoms with E-state index in [9.17, 15) is 0 Å². The van der Waals surface area contributed by atoms with Gasteiger partial charge >= 0.3 is 0 Å². The van der Waals surface area contributed by atoms with Gasteiger partial charge in [-0.1, -0.05) is 0 Å². The molecule has 0 radical (unpaired) electrons. The van der Waals surface area contributed by atoms with Crippen LogP contribution in [0.2, 0.25) is 0 Å². The van der Waals surface area contributed by atoms with E-state index in [0.717, 1.165) is 25.3 Å². The number of thioether (sulfide) groups is 1. The largest absolute Gasteiger partial charge is 0.374 e. The standard InChI is InChI=1S/C12H18N2OS/c1-10-13-4-5-14(10)11-2-6-15-12(8-11)3-7-16-9-12/h4-5,11H,2-3,6-9H2,1H3. The molecule has 2 aliphatic heterocycles. The van der Waals surface area contributed by atoms with Gasteiger partial charge in [0.25, 0.3) is 0 Å². The van der Waals surface area contributed by atoms with Gasteiger partial charge in [0, 0.05) is 30.8 Å². The Morgan fingerprint density at radius 2 is 2.56 bits per heavy atom. The molecule has 0 amide bonds. The second-order valence-electron chi connectivity index (χ2n) is 4.86. The van der Waals surface area contributed by atoms with Gasteiger partial charge in [-0.25, -0.2) is 4.98 Å². The molecule has 2 unspecified atom stereocenters. The van der Waals surface area contributed by atoms with E-state index in [4.69, 9.17) is 4.74 Å². The fourth-order valence-corrected chi connectivity index (χ4v) is 4.25. The van der Waals surface area contributed by atoms with E-state index in [1.807, 2.05) is 18.0 Å². The number of aryl methyl sites for hydroxylation is 1. The fraction of sp³-hybridized carbons (Fsp3) is 0.750. The van der Waals surface area contributed by atoms with E-state index in [1.165, 1.54) is 17.9 Å². The summed E-state index contributed by atoms with van der Waals surface area (Å²) in [7, 11) is 0. The highest BCUT2D eigenvalue weighted by atomic mass is 32.2. The number of hydrogen-bond acceptors (Lipinski definition) is 3. The molecular weight excluding hydrogens is 220 g/mol. The molecule has 16 heavy (non-hydrogen) atoms. The van der Waals surface area contributed by atoms with Gasteiger partial charge in [-0.05, 0) is 31.9 Å². The van der Waals surface area contributed by atoms with Crippen molar-refractivity contribution in [3.63, 3.8) is 0 Å². The summed E-state index contributed by atoms with van der Waals surface area (Å²) in [5, 5.41) is 0. The number of imidazole rings is 1. The predicted octanol–water partition coefficient (Wildman–Crippen LogP) is 2.42. The molecule has 3 heterocycles. The molecule has 88 valence electrons. The molecule has 3 rings (SSSR count). The summed E-state index contributed by atoms with van der Waals surface area (Å²) < 4.78 is 8.37. The lowest BCUT2D eigenvalue weighted by atomic mass is 9.89. The first-order valence-electron chi connectivity index (χ1n) is 6.00. The van der Waals surface area contributed by atoms with Crippen molar-refractivity contribution in [1.82, 2.24) is 9.55 Å². The summed E-state index contributed by atoms with van der Waals surface area (Å²) in [6, 6.07) is 0.593. The van der Waals surface area contributed by atoms with Crippen LogP contribution in [0.4, 0.5) is 0 Å². The monoisotopic (exact) mass is 238 g/mol. The Morgan fingerprint density at radius 3 is 3.25 bits per heavy atom. The van der Waals surface area contributed by atoms with E-state index in [-0.39, 0.29) is 5.60 Å². The van der Waals surface area contributed by atoms with Crippen LogP contribution in [-0.4, -0.2) is 33.3 Å². The number of aromatic nitrogens is 2. The minimum atomic E-state index is 0.171. The van der Waals surface area contributed by atoms with Crippen LogP contribution >= 0.6 is 11.8 Å². The minimum Gasteiger partial charge on any atom is -0.374 e. The Balaban J connectivity index is 1.80. The third-order valence-electron chi connectivity index (χ3n) is 3.79. The van der Waals surface area contributed by atoms with E-state index >= 15 is 0 Å². The van der Waals surface area contributed by atoms with Crippen LogP contribution in [0.25, 0.3) is 0 Å². The SMILES string of the molecule is Cc1nccn1C1CCOC2(CCSC2)C1. The lowest BCUT2D eigenvalue weighted by Crippen LogP contribution is -2.40. The fourth-order valence-electron chi connectivity index (χ4n) is 2.88. The predicted molar refractivity (Wildman–Crippen MR) is 65.9 cm³/mol. The van der Waals surface area contributed by atoms with Gasteiger partial charge in [0.2, 0.25) is 0 Å². The lowest BCUT2D eigenvalue weighted by Gasteiger charge is -2.38. The van der Waals surface area contributed by atoms with Crippen LogP contribution in [0.5, 0.6) is 0 Å². The van der Waals surface area contributed by atoms with Gasteiger partial charge < -0.3 is 9.30 Å². The van der Waals surface area contributed by atoms with Crippen molar-refractivity contribution >= 4 is 11.8 Å². The molecule has 0 aromatic carbocycles. The maximum absolute atomic E-state index is 6.04. The molecule has 4 heteroatoms. The summed E-state index contributed by atoms with van der Waals surface area (Å²) in [4.78, 5) is 4.32. The van der Waals surface area contributed by atoms with E-state index in [0.29, 0.717) is 6.04 Å². The number of rotatable bonds is 1. The highest BCUT2D eigenvalue weighted by Crippen LogP contribution is 2.42. The normalized spacial score (nSPS) is 34.7. The zero-order valence-corrected chi connectivity index (χ0v) is 10.5. The summed E-state index contributed by atoms with van der Waals surface area (Å²) in [6.45, 7) is 2.99. The molecule has 2 saturated heterocycles. The average molecular weight is 238 g/mol. The van der Waals surface area contributed by atoms with E-state index < -0.39 is 0 Å².